The van der Waals surface area contributed by atoms with E-state index in [1.807, 2.05) is 56.3 Å². The van der Waals surface area contributed by atoms with Crippen molar-refractivity contribution in [1.29, 1.82) is 0 Å². The summed E-state index contributed by atoms with van der Waals surface area (Å²) in [5.74, 6) is 0.219. The van der Waals surface area contributed by atoms with Gasteiger partial charge in [-0.15, -0.1) is 0 Å². The molecule has 3 aromatic carbocycles. The summed E-state index contributed by atoms with van der Waals surface area (Å²) < 4.78 is 17.2. The van der Waals surface area contributed by atoms with Gasteiger partial charge in [-0.25, -0.2) is 4.79 Å². The number of halogens is 1. The number of carbonyl (C=O) groups is 2. The average molecular weight is 530 g/mol. The number of hydrogen-bond acceptors (Lipinski definition) is 5. The van der Waals surface area contributed by atoms with Gasteiger partial charge < -0.3 is 14.2 Å². The summed E-state index contributed by atoms with van der Waals surface area (Å²) >= 11 is 2.09. The van der Waals surface area contributed by atoms with E-state index in [1.54, 1.807) is 24.3 Å². The molecule has 5 nitrogen and oxygen atoms in total. The molecule has 160 valence electrons. The fourth-order valence-corrected chi connectivity index (χ4v) is 3.77. The van der Waals surface area contributed by atoms with Crippen molar-refractivity contribution in [3.05, 3.63) is 81.4 Å². The molecule has 0 aliphatic heterocycles. The Bertz CT molecular complexity index is 1050. The number of rotatable bonds is 9. The lowest BCUT2D eigenvalue weighted by Gasteiger charge is -2.14. The summed E-state index contributed by atoms with van der Waals surface area (Å²) in [5.41, 5.74) is 2.89. The van der Waals surface area contributed by atoms with Crippen LogP contribution < -0.4 is 9.47 Å². The van der Waals surface area contributed by atoms with Gasteiger partial charge in [0.25, 0.3) is 0 Å². The highest BCUT2D eigenvalue weighted by atomic mass is 127. The van der Waals surface area contributed by atoms with Crippen LogP contribution in [0.25, 0.3) is 11.1 Å². The zero-order valence-electron chi connectivity index (χ0n) is 17.4. The van der Waals surface area contributed by atoms with E-state index in [2.05, 4.69) is 22.6 Å². The lowest BCUT2D eigenvalue weighted by molar-refractivity contribution is 0.0474. The zero-order chi connectivity index (χ0) is 22.2. The molecular weight excluding hydrogens is 507 g/mol. The number of carbonyl (C=O) groups excluding carboxylic acids is 2. The molecule has 0 aromatic heterocycles. The number of esters is 1. The summed E-state index contributed by atoms with van der Waals surface area (Å²) in [6.07, 6.45) is 0. The van der Waals surface area contributed by atoms with E-state index in [0.29, 0.717) is 35.8 Å². The summed E-state index contributed by atoms with van der Waals surface area (Å²) in [4.78, 5) is 25.0. The molecule has 0 amide bonds. The summed E-state index contributed by atoms with van der Waals surface area (Å²) in [6.45, 7) is 4.32. The number of Topliss-reactive ketones (excluding diaryl/α,β-unsaturated/α-hetero) is 1. The molecular formula is C25H23IO5. The maximum atomic E-state index is 12.5. The van der Waals surface area contributed by atoms with Crippen molar-refractivity contribution in [2.75, 3.05) is 19.8 Å². The first-order chi connectivity index (χ1) is 15.0. The largest absolute Gasteiger partial charge is 0.490 e. The van der Waals surface area contributed by atoms with E-state index in [4.69, 9.17) is 14.2 Å². The van der Waals surface area contributed by atoms with Gasteiger partial charge in [-0.05, 0) is 59.7 Å². The van der Waals surface area contributed by atoms with Crippen molar-refractivity contribution in [3.63, 3.8) is 0 Å². The molecule has 0 N–H and O–H groups in total. The highest BCUT2D eigenvalue weighted by Gasteiger charge is 2.18. The molecule has 3 rings (SSSR count). The third-order valence-corrected chi connectivity index (χ3v) is 5.28. The first-order valence-electron chi connectivity index (χ1n) is 9.98. The van der Waals surface area contributed by atoms with Crippen LogP contribution in [0.3, 0.4) is 0 Å². The quantitative estimate of drug-likeness (QED) is 0.199. The zero-order valence-corrected chi connectivity index (χ0v) is 19.5. The molecule has 0 spiro atoms. The number of ketones is 1. The van der Waals surface area contributed by atoms with Crippen LogP contribution in [-0.2, 0) is 4.74 Å². The minimum absolute atomic E-state index is 0.265. The van der Waals surface area contributed by atoms with E-state index < -0.39 is 5.97 Å². The second-order valence-electron chi connectivity index (χ2n) is 6.59. The Morgan fingerprint density at radius 1 is 0.806 bits per heavy atom. The summed E-state index contributed by atoms with van der Waals surface area (Å²) in [5, 5.41) is 0. The van der Waals surface area contributed by atoms with E-state index >= 15 is 0 Å². The Morgan fingerprint density at radius 3 is 2.10 bits per heavy atom. The molecule has 31 heavy (non-hydrogen) atoms. The number of hydrogen-bond donors (Lipinski definition) is 0. The summed E-state index contributed by atoms with van der Waals surface area (Å²) in [7, 11) is 0. The summed E-state index contributed by atoms with van der Waals surface area (Å²) in [6, 6.07) is 20.4. The third kappa shape index (κ3) is 5.85. The van der Waals surface area contributed by atoms with Crippen LogP contribution in [0.5, 0.6) is 11.5 Å². The molecule has 0 saturated heterocycles. The Labute approximate surface area is 195 Å². The Hall–Kier alpha value is -2.87. The van der Waals surface area contributed by atoms with Crippen LogP contribution in [0.15, 0.2) is 66.7 Å². The SMILES string of the molecule is CCOc1cc(C(=O)OCC(=O)c2ccc(-c3ccccc3)cc2)cc(I)c1OCC. The van der Waals surface area contributed by atoms with Crippen LogP contribution in [0, 0.1) is 3.57 Å². The molecule has 0 saturated carbocycles. The molecule has 0 radical (unpaired) electrons. The Morgan fingerprint density at radius 2 is 1.45 bits per heavy atom. The molecule has 0 aliphatic carbocycles. The average Bonchev–Trinajstić information content (AvgIpc) is 2.80. The van der Waals surface area contributed by atoms with E-state index in [-0.39, 0.29) is 12.4 Å². The van der Waals surface area contributed by atoms with Crippen molar-refractivity contribution >= 4 is 34.3 Å². The molecule has 0 unspecified atom stereocenters. The van der Waals surface area contributed by atoms with Crippen molar-refractivity contribution < 1.29 is 23.8 Å². The molecule has 0 fully saturated rings. The van der Waals surface area contributed by atoms with Crippen molar-refractivity contribution in [3.8, 4) is 22.6 Å². The van der Waals surface area contributed by atoms with Gasteiger partial charge in [-0.2, -0.15) is 0 Å². The fourth-order valence-electron chi connectivity index (χ4n) is 3.01. The highest BCUT2D eigenvalue weighted by molar-refractivity contribution is 14.1. The molecule has 0 aliphatic rings. The standard InChI is InChI=1S/C25H23IO5/c1-3-29-23-15-20(14-21(26)24(23)30-4-2)25(28)31-16-22(27)19-12-10-18(11-13-19)17-8-6-5-7-9-17/h5-15H,3-4,16H2,1-2H3. The lowest BCUT2D eigenvalue weighted by atomic mass is 10.0. The normalized spacial score (nSPS) is 10.4. The van der Waals surface area contributed by atoms with Crippen molar-refractivity contribution in [1.82, 2.24) is 0 Å². The van der Waals surface area contributed by atoms with Crippen molar-refractivity contribution in [2.45, 2.75) is 13.8 Å². The van der Waals surface area contributed by atoms with Gasteiger partial charge >= 0.3 is 5.97 Å². The van der Waals surface area contributed by atoms with Gasteiger partial charge in [-0.1, -0.05) is 54.6 Å². The monoisotopic (exact) mass is 530 g/mol. The first kappa shape index (κ1) is 22.8. The molecule has 0 bridgehead atoms. The fraction of sp³-hybridized carbons (Fsp3) is 0.200. The number of benzene rings is 3. The van der Waals surface area contributed by atoms with Gasteiger partial charge in [0, 0.05) is 5.56 Å². The minimum Gasteiger partial charge on any atom is -0.490 e. The van der Waals surface area contributed by atoms with Gasteiger partial charge in [0.2, 0.25) is 0 Å². The third-order valence-electron chi connectivity index (χ3n) is 4.48. The van der Waals surface area contributed by atoms with Gasteiger partial charge in [0.05, 0.1) is 22.3 Å². The molecule has 0 atom stereocenters. The van der Waals surface area contributed by atoms with Crippen molar-refractivity contribution in [2.24, 2.45) is 0 Å². The van der Waals surface area contributed by atoms with Gasteiger partial charge in [-0.3, -0.25) is 4.79 Å². The predicted octanol–water partition coefficient (Wildman–Crippen LogP) is 5.80. The smallest absolute Gasteiger partial charge is 0.338 e. The van der Waals surface area contributed by atoms with Crippen LogP contribution in [0.1, 0.15) is 34.6 Å². The number of ether oxygens (including phenoxy) is 3. The topological polar surface area (TPSA) is 61.8 Å². The highest BCUT2D eigenvalue weighted by Crippen LogP contribution is 2.34. The Balaban J connectivity index is 1.67. The Kier molecular flexibility index (Phi) is 8.06. The van der Waals surface area contributed by atoms with E-state index in [0.717, 1.165) is 14.7 Å². The van der Waals surface area contributed by atoms with Crippen LogP contribution >= 0.6 is 22.6 Å². The van der Waals surface area contributed by atoms with Gasteiger partial charge in [0.1, 0.15) is 0 Å². The maximum Gasteiger partial charge on any atom is 0.338 e. The first-order valence-corrected chi connectivity index (χ1v) is 11.1. The van der Waals surface area contributed by atoms with Gasteiger partial charge in [0.15, 0.2) is 23.9 Å². The van der Waals surface area contributed by atoms with E-state index in [9.17, 15) is 9.59 Å². The van der Waals surface area contributed by atoms with Crippen LogP contribution in [0.4, 0.5) is 0 Å². The molecule has 0 heterocycles. The maximum absolute atomic E-state index is 12.5. The van der Waals surface area contributed by atoms with E-state index in [1.165, 1.54) is 0 Å². The van der Waals surface area contributed by atoms with Crippen LogP contribution in [-0.4, -0.2) is 31.6 Å². The molecule has 3 aromatic rings. The second kappa shape index (κ2) is 10.9. The minimum atomic E-state index is -0.587. The second-order valence-corrected chi connectivity index (χ2v) is 7.76. The molecule has 6 heteroatoms. The predicted molar refractivity (Wildman–Crippen MR) is 128 cm³/mol. The lowest BCUT2D eigenvalue weighted by Crippen LogP contribution is -2.15. The van der Waals surface area contributed by atoms with Crippen LogP contribution in [0.2, 0.25) is 0 Å².